The number of hydrogen-bond acceptors (Lipinski definition) is 8. The number of halogens is 7. The Morgan fingerprint density at radius 3 is 2.42 bits per heavy atom. The number of rotatable bonds is 10. The van der Waals surface area contributed by atoms with Crippen molar-refractivity contribution < 1.29 is 40.7 Å². The normalized spacial score (nSPS) is 22.5. The highest BCUT2D eigenvalue weighted by atomic mass is 35.5. The molecular formula is C33H32ClF6N9O3. The molecule has 3 atom stereocenters. The summed E-state index contributed by atoms with van der Waals surface area (Å²) in [6.07, 6.45) is 1.98. The Morgan fingerprint density at radius 2 is 1.83 bits per heavy atom. The fourth-order valence-electron chi connectivity index (χ4n) is 6.16. The third-order valence-electron chi connectivity index (χ3n) is 8.60. The molecule has 2 amide bonds. The van der Waals surface area contributed by atoms with Crippen molar-refractivity contribution in [1.29, 1.82) is 5.41 Å². The van der Waals surface area contributed by atoms with Crippen molar-refractivity contribution in [2.75, 3.05) is 11.6 Å². The van der Waals surface area contributed by atoms with Gasteiger partial charge in [-0.25, -0.2) is 23.2 Å². The molecule has 3 heterocycles. The number of aliphatic imine (C=N–C) groups is 1. The Balaban J connectivity index is 1.38. The number of carbonyl (C=O) groups excluding carboxylic acids is 2. The van der Waals surface area contributed by atoms with Gasteiger partial charge in [0.15, 0.2) is 5.96 Å². The van der Waals surface area contributed by atoms with E-state index in [1.807, 2.05) is 20.8 Å². The van der Waals surface area contributed by atoms with Crippen molar-refractivity contribution in [3.05, 3.63) is 71.0 Å². The van der Waals surface area contributed by atoms with E-state index >= 15 is 0 Å². The smallest absolute Gasteiger partial charge is 0.407 e. The number of carbonyl (C=O) groups is 2. The van der Waals surface area contributed by atoms with E-state index < -0.39 is 72.5 Å². The zero-order valence-electron chi connectivity index (χ0n) is 27.8. The first-order valence-corrected chi connectivity index (χ1v) is 16.2. The van der Waals surface area contributed by atoms with Crippen LogP contribution in [-0.2, 0) is 15.1 Å². The average molecular weight is 752 g/mol. The van der Waals surface area contributed by atoms with Crippen molar-refractivity contribution >= 4 is 47.8 Å². The minimum Gasteiger partial charge on any atom is -0.447 e. The molecule has 2 aliphatic heterocycles. The zero-order chi connectivity index (χ0) is 37.8. The van der Waals surface area contributed by atoms with Gasteiger partial charge in [0.25, 0.3) is 11.8 Å². The molecule has 1 saturated carbocycles. The fourth-order valence-corrected chi connectivity index (χ4v) is 6.36. The number of nitrogens with one attached hydrogen (secondary N) is 3. The maximum absolute atomic E-state index is 14.9. The number of anilines is 1. The quantitative estimate of drug-likeness (QED) is 0.152. The molecule has 19 heteroatoms. The van der Waals surface area contributed by atoms with Gasteiger partial charge in [0.05, 0.1) is 29.2 Å². The second kappa shape index (κ2) is 13.1. The van der Waals surface area contributed by atoms with Crippen LogP contribution in [0.4, 0.5) is 36.8 Å². The van der Waals surface area contributed by atoms with Gasteiger partial charge < -0.3 is 15.4 Å². The van der Waals surface area contributed by atoms with E-state index in [4.69, 9.17) is 21.7 Å². The van der Waals surface area contributed by atoms with Crippen molar-refractivity contribution in [2.45, 2.75) is 69.8 Å². The molecule has 3 aromatic rings. The molecule has 3 N–H and O–H groups in total. The molecule has 0 bridgehead atoms. The molecule has 3 aliphatic rings. The second-order valence-electron chi connectivity index (χ2n) is 13.8. The highest BCUT2D eigenvalue weighted by molar-refractivity contribution is 6.33. The first-order valence-electron chi connectivity index (χ1n) is 15.8. The minimum atomic E-state index is -3.71. The predicted octanol–water partition coefficient (Wildman–Crippen LogP) is 6.90. The van der Waals surface area contributed by atoms with Gasteiger partial charge in [0.2, 0.25) is 0 Å². The number of guanidine groups is 1. The van der Waals surface area contributed by atoms with Crippen LogP contribution in [0.3, 0.4) is 0 Å². The van der Waals surface area contributed by atoms with Crippen LogP contribution in [0, 0.1) is 10.8 Å². The van der Waals surface area contributed by atoms with Gasteiger partial charge in [-0.15, -0.1) is 0 Å². The average Bonchev–Trinajstić information content (AvgIpc) is 3.35. The minimum absolute atomic E-state index is 0.0790. The summed E-state index contributed by atoms with van der Waals surface area (Å²) in [5, 5.41) is 21.5. The van der Waals surface area contributed by atoms with Crippen LogP contribution in [-0.4, -0.2) is 69.8 Å². The lowest BCUT2D eigenvalue weighted by Gasteiger charge is -2.35. The van der Waals surface area contributed by atoms with Crippen LogP contribution >= 0.6 is 11.6 Å². The molecule has 0 radical (unpaired) electrons. The molecule has 2 aromatic carbocycles. The van der Waals surface area contributed by atoms with Gasteiger partial charge in [-0.3, -0.25) is 15.1 Å². The third-order valence-corrected chi connectivity index (χ3v) is 8.92. The summed E-state index contributed by atoms with van der Waals surface area (Å²) in [7, 11) is 0. The topological polar surface area (TPSA) is 140 Å². The van der Waals surface area contributed by atoms with Crippen molar-refractivity contribution in [1.82, 2.24) is 25.3 Å². The van der Waals surface area contributed by atoms with Crippen molar-refractivity contribution in [2.24, 2.45) is 15.5 Å². The molecule has 6 rings (SSSR count). The van der Waals surface area contributed by atoms with Gasteiger partial charge in [0, 0.05) is 18.2 Å². The maximum atomic E-state index is 14.9. The lowest BCUT2D eigenvalue weighted by molar-refractivity contribution is -0.134. The summed E-state index contributed by atoms with van der Waals surface area (Å²) >= 11 is 6.33. The van der Waals surface area contributed by atoms with Crippen LogP contribution in [0.25, 0.3) is 11.1 Å². The van der Waals surface area contributed by atoms with Crippen molar-refractivity contribution in [3.63, 3.8) is 0 Å². The van der Waals surface area contributed by atoms with Gasteiger partial charge in [-0.1, -0.05) is 62.7 Å². The lowest BCUT2D eigenvalue weighted by Crippen LogP contribution is -2.47. The van der Waals surface area contributed by atoms with E-state index in [0.29, 0.717) is 32.6 Å². The summed E-state index contributed by atoms with van der Waals surface area (Å²) < 4.78 is 88.9. The zero-order valence-corrected chi connectivity index (χ0v) is 28.5. The number of hydrogen-bond donors (Lipinski definition) is 3. The predicted molar refractivity (Wildman–Crippen MR) is 179 cm³/mol. The van der Waals surface area contributed by atoms with E-state index in [1.165, 1.54) is 30.6 Å². The molecule has 1 aromatic heterocycles. The van der Waals surface area contributed by atoms with E-state index in [9.17, 15) is 35.9 Å². The van der Waals surface area contributed by atoms with Crippen LogP contribution < -0.4 is 15.6 Å². The number of alkyl halides is 6. The summed E-state index contributed by atoms with van der Waals surface area (Å²) in [4.78, 5) is 31.8. The molecule has 2 fully saturated rings. The standard InChI is InChI=1S/C33H32ClF6N9O3/c1-30(2,3)15-31(21-7-4-18(5-8-21)20-12-43-47(13-20)27(35)36)26(50)48(28(41)46-31)24(14-52-29(51)45-25-11-32(25,37)38)19-6-9-22(34)23(10-19)49-33(39,40)16-42-17-44-49/h4-10,12-13,16-17,24-25,27H,11,14-15H2,1-3H3,(H2,41,46)(H,45,51)/t24-,25+,31-/m1/s1. The van der Waals surface area contributed by atoms with Crippen LogP contribution in [0.1, 0.15) is 57.3 Å². The van der Waals surface area contributed by atoms with E-state index in [1.54, 1.807) is 24.3 Å². The highest BCUT2D eigenvalue weighted by Gasteiger charge is 2.58. The molecule has 276 valence electrons. The van der Waals surface area contributed by atoms with Gasteiger partial charge in [-0.05, 0) is 40.7 Å². The van der Waals surface area contributed by atoms with Crippen LogP contribution in [0.2, 0.25) is 5.02 Å². The lowest BCUT2D eigenvalue weighted by atomic mass is 9.75. The van der Waals surface area contributed by atoms with Crippen LogP contribution in [0.15, 0.2) is 65.0 Å². The Bertz CT molecular complexity index is 1950. The Labute approximate surface area is 298 Å². The Hall–Kier alpha value is -5.13. The molecular weight excluding hydrogens is 720 g/mol. The highest BCUT2D eigenvalue weighted by Crippen LogP contribution is 2.44. The molecule has 0 unspecified atom stereocenters. The Morgan fingerprint density at radius 1 is 1.13 bits per heavy atom. The number of hydrazone groups is 1. The van der Waals surface area contributed by atoms with Gasteiger partial charge in [0.1, 0.15) is 24.5 Å². The molecule has 52 heavy (non-hydrogen) atoms. The molecule has 0 spiro atoms. The van der Waals surface area contributed by atoms with E-state index in [-0.39, 0.29) is 22.7 Å². The fraction of sp³-hybridized carbons (Fsp3) is 0.394. The number of nitrogens with zero attached hydrogens (tertiary/aromatic N) is 6. The first-order chi connectivity index (χ1) is 24.3. The third kappa shape index (κ3) is 7.15. The molecule has 12 nitrogen and oxygen atoms in total. The second-order valence-corrected chi connectivity index (χ2v) is 14.2. The van der Waals surface area contributed by atoms with Gasteiger partial charge >= 0.3 is 18.7 Å². The monoisotopic (exact) mass is 751 g/mol. The van der Waals surface area contributed by atoms with E-state index in [0.717, 1.165) is 11.2 Å². The number of amides is 2. The summed E-state index contributed by atoms with van der Waals surface area (Å²) in [6.45, 7) is 2.08. The number of ether oxygens (including phenoxy) is 1. The largest absolute Gasteiger partial charge is 0.447 e. The Kier molecular flexibility index (Phi) is 9.25. The van der Waals surface area contributed by atoms with Gasteiger partial charge in [-0.2, -0.15) is 32.8 Å². The summed E-state index contributed by atoms with van der Waals surface area (Å²) in [5.74, 6) is -4.22. The summed E-state index contributed by atoms with van der Waals surface area (Å²) in [6, 6.07) is 3.75. The SMILES string of the molecule is CC(C)(C)C[C@]1(c2ccc(-c3cnn(C(F)F)c3)cc2)NC(=N)N([C@H](COC(=O)N[C@H]2CC2(F)F)c2ccc(Cl)c(N3N=CN=CC3(F)F)c2)C1=O. The summed E-state index contributed by atoms with van der Waals surface area (Å²) in [5.41, 5.74) is -1.07. The molecule has 1 saturated heterocycles. The molecule has 1 aliphatic carbocycles. The number of aromatic nitrogens is 2. The first kappa shape index (κ1) is 36.7. The van der Waals surface area contributed by atoms with E-state index in [2.05, 4.69) is 25.8 Å². The van der Waals surface area contributed by atoms with Crippen LogP contribution in [0.5, 0.6) is 0 Å². The van der Waals surface area contributed by atoms with Crippen molar-refractivity contribution in [3.8, 4) is 11.1 Å². The number of benzene rings is 2. The maximum Gasteiger partial charge on any atom is 0.407 e. The number of alkyl carbamates (subject to hydrolysis) is 1.